The van der Waals surface area contributed by atoms with Crippen molar-refractivity contribution in [3.63, 3.8) is 0 Å². The molecule has 1 fully saturated rings. The maximum atomic E-state index is 12.9. The van der Waals surface area contributed by atoms with Gasteiger partial charge in [0.15, 0.2) is 0 Å². The summed E-state index contributed by atoms with van der Waals surface area (Å²) < 4.78 is 0. The summed E-state index contributed by atoms with van der Waals surface area (Å²) in [6.07, 6.45) is 1.93. The first-order valence-electron chi connectivity index (χ1n) is 9.59. The molecule has 1 unspecified atom stereocenters. The van der Waals surface area contributed by atoms with E-state index in [4.69, 9.17) is 10.7 Å². The normalized spacial score (nSPS) is 16.6. The molecule has 7 heteroatoms. The summed E-state index contributed by atoms with van der Waals surface area (Å²) in [6.45, 7) is 3.28. The molecule has 1 saturated heterocycles. The minimum Gasteiger partial charge on any atom is -0.366 e. The van der Waals surface area contributed by atoms with Crippen molar-refractivity contribution in [2.45, 2.75) is 25.7 Å². The monoisotopic (exact) mass is 406 g/mol. The highest BCUT2D eigenvalue weighted by molar-refractivity contribution is 7.11. The number of carbonyl (C=O) groups excluding carboxylic acids is 2. The van der Waals surface area contributed by atoms with Gasteiger partial charge in [0, 0.05) is 35.8 Å². The molecule has 1 aliphatic rings. The molecule has 2 aromatic heterocycles. The van der Waals surface area contributed by atoms with Gasteiger partial charge >= 0.3 is 0 Å². The average molecular weight is 407 g/mol. The summed E-state index contributed by atoms with van der Waals surface area (Å²) in [4.78, 5) is 36.0. The number of hydrogen-bond donors (Lipinski definition) is 1. The number of carbonyl (C=O) groups is 2. The molecule has 0 bridgehead atoms. The van der Waals surface area contributed by atoms with Gasteiger partial charge in [-0.15, -0.1) is 11.3 Å². The number of pyridine rings is 1. The Morgan fingerprint density at radius 2 is 2.03 bits per heavy atom. The number of likely N-dealkylation sites (tertiary alicyclic amines) is 1. The van der Waals surface area contributed by atoms with Crippen molar-refractivity contribution in [1.82, 2.24) is 14.9 Å². The summed E-state index contributed by atoms with van der Waals surface area (Å²) in [5.74, 6) is -0.219. The third kappa shape index (κ3) is 4.05. The van der Waals surface area contributed by atoms with Crippen molar-refractivity contribution >= 4 is 23.2 Å². The SMILES string of the molecule is Cc1ncsc1C(=O)N1CCCC(c2cccc(-c3cccc(C(N)=O)c3)n2)C1. The average Bonchev–Trinajstić information content (AvgIpc) is 3.19. The van der Waals surface area contributed by atoms with Crippen LogP contribution in [0.1, 0.15) is 50.2 Å². The highest BCUT2D eigenvalue weighted by Gasteiger charge is 2.28. The zero-order valence-electron chi connectivity index (χ0n) is 16.2. The number of nitrogens with two attached hydrogens (primary N) is 1. The topological polar surface area (TPSA) is 89.2 Å². The second-order valence-corrected chi connectivity index (χ2v) is 8.10. The first kappa shape index (κ1) is 19.3. The van der Waals surface area contributed by atoms with Crippen molar-refractivity contribution in [3.05, 3.63) is 69.8 Å². The molecule has 0 spiro atoms. The van der Waals surface area contributed by atoms with Crippen molar-refractivity contribution in [1.29, 1.82) is 0 Å². The predicted molar refractivity (Wildman–Crippen MR) is 113 cm³/mol. The Balaban J connectivity index is 1.56. The summed E-state index contributed by atoms with van der Waals surface area (Å²) >= 11 is 1.40. The smallest absolute Gasteiger partial charge is 0.265 e. The Hall–Kier alpha value is -3.06. The third-order valence-corrected chi connectivity index (χ3v) is 6.20. The quantitative estimate of drug-likeness (QED) is 0.716. The number of thiazole rings is 1. The molecule has 4 rings (SSSR count). The largest absolute Gasteiger partial charge is 0.366 e. The molecule has 1 aromatic carbocycles. The van der Waals surface area contributed by atoms with Crippen LogP contribution in [-0.2, 0) is 0 Å². The summed E-state index contributed by atoms with van der Waals surface area (Å²) in [7, 11) is 0. The Kier molecular flexibility index (Phi) is 5.40. The van der Waals surface area contributed by atoms with E-state index in [1.54, 1.807) is 17.6 Å². The highest BCUT2D eigenvalue weighted by Crippen LogP contribution is 2.29. The van der Waals surface area contributed by atoms with Gasteiger partial charge in [-0.3, -0.25) is 14.6 Å². The standard InChI is InChI=1S/C22H22N4O2S/c1-14-20(29-13-24-14)22(28)26-10-4-7-17(12-26)19-9-3-8-18(25-19)15-5-2-6-16(11-15)21(23)27/h2-3,5-6,8-9,11,13,17H,4,7,10,12H2,1H3,(H2,23,27). The number of aryl methyl sites for hydroxylation is 1. The van der Waals surface area contributed by atoms with E-state index >= 15 is 0 Å². The fourth-order valence-electron chi connectivity index (χ4n) is 3.73. The van der Waals surface area contributed by atoms with Crippen LogP contribution in [0.25, 0.3) is 11.3 Å². The number of nitrogens with zero attached hydrogens (tertiary/aromatic N) is 3. The molecule has 148 valence electrons. The van der Waals surface area contributed by atoms with Gasteiger partial charge in [0.05, 0.1) is 16.9 Å². The molecule has 3 heterocycles. The van der Waals surface area contributed by atoms with Crippen molar-refractivity contribution < 1.29 is 9.59 Å². The lowest BCUT2D eigenvalue weighted by molar-refractivity contribution is 0.0709. The molecule has 0 saturated carbocycles. The summed E-state index contributed by atoms with van der Waals surface area (Å²) in [5.41, 5.74) is 11.0. The van der Waals surface area contributed by atoms with Gasteiger partial charge in [0.25, 0.3) is 5.91 Å². The van der Waals surface area contributed by atoms with Gasteiger partial charge in [-0.1, -0.05) is 18.2 Å². The van der Waals surface area contributed by atoms with Crippen LogP contribution in [0.3, 0.4) is 0 Å². The van der Waals surface area contributed by atoms with Crippen LogP contribution < -0.4 is 5.73 Å². The molecule has 0 radical (unpaired) electrons. The fourth-order valence-corrected chi connectivity index (χ4v) is 4.49. The van der Waals surface area contributed by atoms with Crippen molar-refractivity contribution in [2.75, 3.05) is 13.1 Å². The zero-order chi connectivity index (χ0) is 20.4. The third-order valence-electron chi connectivity index (χ3n) is 5.28. The van der Waals surface area contributed by atoms with Crippen LogP contribution >= 0.6 is 11.3 Å². The number of piperidine rings is 1. The molecule has 2 amide bonds. The fraction of sp³-hybridized carbons (Fsp3) is 0.273. The van der Waals surface area contributed by atoms with E-state index in [1.807, 2.05) is 42.2 Å². The maximum absolute atomic E-state index is 12.9. The lowest BCUT2D eigenvalue weighted by Gasteiger charge is -2.32. The number of primary amides is 1. The van der Waals surface area contributed by atoms with Gasteiger partial charge in [0.2, 0.25) is 5.91 Å². The Labute approximate surface area is 173 Å². The van der Waals surface area contributed by atoms with Crippen LogP contribution in [0, 0.1) is 6.92 Å². The van der Waals surface area contributed by atoms with Gasteiger partial charge in [0.1, 0.15) is 4.88 Å². The zero-order valence-corrected chi connectivity index (χ0v) is 17.0. The van der Waals surface area contributed by atoms with E-state index in [1.165, 1.54) is 11.3 Å². The van der Waals surface area contributed by atoms with Gasteiger partial charge in [-0.2, -0.15) is 0 Å². The van der Waals surface area contributed by atoms with E-state index in [0.29, 0.717) is 12.1 Å². The minimum atomic E-state index is -0.456. The van der Waals surface area contributed by atoms with E-state index < -0.39 is 5.91 Å². The molecule has 2 N–H and O–H groups in total. The molecule has 29 heavy (non-hydrogen) atoms. The van der Waals surface area contributed by atoms with E-state index in [-0.39, 0.29) is 11.8 Å². The van der Waals surface area contributed by atoms with E-state index in [9.17, 15) is 9.59 Å². The summed E-state index contributed by atoms with van der Waals surface area (Å²) in [5, 5.41) is 0. The molecule has 0 aliphatic carbocycles. The molecule has 3 aromatic rings. The minimum absolute atomic E-state index is 0.0556. The van der Waals surface area contributed by atoms with Crippen LogP contribution in [0.4, 0.5) is 0 Å². The second kappa shape index (κ2) is 8.13. The number of aromatic nitrogens is 2. The maximum Gasteiger partial charge on any atom is 0.265 e. The number of hydrogen-bond acceptors (Lipinski definition) is 5. The Bertz CT molecular complexity index is 1060. The van der Waals surface area contributed by atoms with Crippen LogP contribution in [0.15, 0.2) is 48.0 Å². The van der Waals surface area contributed by atoms with Gasteiger partial charge in [-0.25, -0.2) is 4.98 Å². The van der Waals surface area contributed by atoms with Crippen molar-refractivity contribution in [2.24, 2.45) is 5.73 Å². The number of amides is 2. The molecular formula is C22H22N4O2S. The Morgan fingerprint density at radius 1 is 1.21 bits per heavy atom. The highest BCUT2D eigenvalue weighted by atomic mass is 32.1. The van der Waals surface area contributed by atoms with Gasteiger partial charge in [-0.05, 0) is 44.0 Å². The Morgan fingerprint density at radius 3 is 2.79 bits per heavy atom. The number of rotatable bonds is 4. The first-order chi connectivity index (χ1) is 14.0. The molecule has 6 nitrogen and oxygen atoms in total. The van der Waals surface area contributed by atoms with Crippen LogP contribution in [0.5, 0.6) is 0 Å². The first-order valence-corrected chi connectivity index (χ1v) is 10.5. The second-order valence-electron chi connectivity index (χ2n) is 7.25. The summed E-state index contributed by atoms with van der Waals surface area (Å²) in [6, 6.07) is 13.1. The molecular weight excluding hydrogens is 384 g/mol. The van der Waals surface area contributed by atoms with Gasteiger partial charge < -0.3 is 10.6 Å². The molecule has 1 atom stereocenters. The molecule has 1 aliphatic heterocycles. The lowest BCUT2D eigenvalue weighted by atomic mass is 9.93. The lowest BCUT2D eigenvalue weighted by Crippen LogP contribution is -2.39. The van der Waals surface area contributed by atoms with E-state index in [2.05, 4.69) is 4.98 Å². The predicted octanol–water partition coefficient (Wildman–Crippen LogP) is 3.63. The van der Waals surface area contributed by atoms with Crippen LogP contribution in [0.2, 0.25) is 0 Å². The van der Waals surface area contributed by atoms with E-state index in [0.717, 1.165) is 46.9 Å². The van der Waals surface area contributed by atoms with Crippen LogP contribution in [-0.4, -0.2) is 39.8 Å². The van der Waals surface area contributed by atoms with Crippen molar-refractivity contribution in [3.8, 4) is 11.3 Å². The number of benzene rings is 1.